The van der Waals surface area contributed by atoms with Gasteiger partial charge in [-0.05, 0) is 17.7 Å². The number of ether oxygens (including phenoxy) is 2. The van der Waals surface area contributed by atoms with Crippen LogP contribution in [0.5, 0.6) is 11.5 Å². The molecular formula is C16H17N3O4. The van der Waals surface area contributed by atoms with E-state index in [-0.39, 0.29) is 5.91 Å². The van der Waals surface area contributed by atoms with Crippen LogP contribution in [0, 0.1) is 0 Å². The van der Waals surface area contributed by atoms with Gasteiger partial charge in [0, 0.05) is 32.7 Å². The largest absolute Gasteiger partial charge is 0.454 e. The Labute approximate surface area is 133 Å². The molecule has 0 saturated carbocycles. The highest BCUT2D eigenvalue weighted by atomic mass is 16.7. The van der Waals surface area contributed by atoms with E-state index in [0.29, 0.717) is 25.4 Å². The fraction of sp³-hybridized carbons (Fsp3) is 0.375. The molecule has 7 nitrogen and oxygen atoms in total. The van der Waals surface area contributed by atoms with Crippen LogP contribution in [0.4, 0.5) is 0 Å². The molecule has 1 amide bonds. The van der Waals surface area contributed by atoms with E-state index >= 15 is 0 Å². The van der Waals surface area contributed by atoms with E-state index in [9.17, 15) is 4.79 Å². The van der Waals surface area contributed by atoms with Gasteiger partial charge in [-0.1, -0.05) is 11.2 Å². The Morgan fingerprint density at radius 1 is 1.13 bits per heavy atom. The van der Waals surface area contributed by atoms with Crippen LogP contribution < -0.4 is 9.47 Å². The highest BCUT2D eigenvalue weighted by molar-refractivity contribution is 5.93. The molecule has 2 aliphatic heterocycles. The lowest BCUT2D eigenvalue weighted by atomic mass is 10.1. The number of carbonyl (C=O) groups is 1. The van der Waals surface area contributed by atoms with E-state index in [4.69, 9.17) is 14.0 Å². The summed E-state index contributed by atoms with van der Waals surface area (Å²) in [6.07, 6.45) is 2.85. The molecule has 0 atom stereocenters. The van der Waals surface area contributed by atoms with E-state index in [1.807, 2.05) is 17.0 Å². The molecule has 1 aromatic heterocycles. The number of fused-ring (bicyclic) bond motifs is 1. The third kappa shape index (κ3) is 2.87. The molecular weight excluding hydrogens is 298 g/mol. The molecule has 7 heteroatoms. The standard InChI is InChI=1S/C16H17N3O4/c20-16(13-8-17-23-10-13)19-5-3-18(4-6-19)9-12-1-2-14-15(7-12)22-11-21-14/h1-2,7-8,10H,3-6,9,11H2. The lowest BCUT2D eigenvalue weighted by Gasteiger charge is -2.34. The van der Waals surface area contributed by atoms with Crippen LogP contribution >= 0.6 is 0 Å². The summed E-state index contributed by atoms with van der Waals surface area (Å²) in [5.74, 6) is 1.59. The van der Waals surface area contributed by atoms with Gasteiger partial charge in [-0.2, -0.15) is 0 Å². The zero-order chi connectivity index (χ0) is 15.6. The molecule has 0 unspecified atom stereocenters. The van der Waals surface area contributed by atoms with Crippen molar-refractivity contribution in [3.05, 3.63) is 41.8 Å². The van der Waals surface area contributed by atoms with Crippen molar-refractivity contribution < 1.29 is 18.8 Å². The third-order valence-electron chi connectivity index (χ3n) is 4.18. The molecule has 120 valence electrons. The Balaban J connectivity index is 1.34. The second-order valence-corrected chi connectivity index (χ2v) is 5.67. The molecule has 3 heterocycles. The maximum atomic E-state index is 12.2. The summed E-state index contributed by atoms with van der Waals surface area (Å²) >= 11 is 0. The van der Waals surface area contributed by atoms with Gasteiger partial charge in [-0.3, -0.25) is 9.69 Å². The number of carbonyl (C=O) groups excluding carboxylic acids is 1. The number of hydrogen-bond donors (Lipinski definition) is 0. The summed E-state index contributed by atoms with van der Waals surface area (Å²) < 4.78 is 15.5. The van der Waals surface area contributed by atoms with Crippen LogP contribution in [0.1, 0.15) is 15.9 Å². The van der Waals surface area contributed by atoms with Crippen LogP contribution in [-0.4, -0.2) is 53.8 Å². The number of rotatable bonds is 3. The first-order valence-corrected chi connectivity index (χ1v) is 7.59. The monoisotopic (exact) mass is 315 g/mol. The number of amides is 1. The first-order valence-electron chi connectivity index (χ1n) is 7.59. The third-order valence-corrected chi connectivity index (χ3v) is 4.18. The highest BCUT2D eigenvalue weighted by Gasteiger charge is 2.23. The molecule has 4 rings (SSSR count). The number of hydrogen-bond acceptors (Lipinski definition) is 6. The van der Waals surface area contributed by atoms with E-state index in [1.54, 1.807) is 0 Å². The minimum absolute atomic E-state index is 0.0195. The van der Waals surface area contributed by atoms with Crippen molar-refractivity contribution in [2.45, 2.75) is 6.54 Å². The lowest BCUT2D eigenvalue weighted by molar-refractivity contribution is 0.0628. The zero-order valence-electron chi connectivity index (χ0n) is 12.6. The molecule has 23 heavy (non-hydrogen) atoms. The Bertz CT molecular complexity index is 693. The Kier molecular flexibility index (Phi) is 3.63. The quantitative estimate of drug-likeness (QED) is 0.852. The smallest absolute Gasteiger partial charge is 0.258 e. The van der Waals surface area contributed by atoms with Gasteiger partial charge in [0.2, 0.25) is 6.79 Å². The van der Waals surface area contributed by atoms with Gasteiger partial charge >= 0.3 is 0 Å². The number of piperazine rings is 1. The molecule has 0 aliphatic carbocycles. The van der Waals surface area contributed by atoms with Crippen molar-refractivity contribution in [1.82, 2.24) is 15.0 Å². The predicted octanol–water partition coefficient (Wildman–Crippen LogP) is 1.36. The summed E-state index contributed by atoms with van der Waals surface area (Å²) in [5, 5.41) is 3.58. The first-order chi connectivity index (χ1) is 11.3. The molecule has 1 aromatic carbocycles. The van der Waals surface area contributed by atoms with Gasteiger partial charge in [-0.25, -0.2) is 0 Å². The van der Waals surface area contributed by atoms with Crippen LogP contribution in [0.3, 0.4) is 0 Å². The molecule has 2 aromatic rings. The first kappa shape index (κ1) is 14.1. The fourth-order valence-electron chi connectivity index (χ4n) is 2.90. The van der Waals surface area contributed by atoms with Gasteiger partial charge < -0.3 is 18.9 Å². The summed E-state index contributed by atoms with van der Waals surface area (Å²) in [6, 6.07) is 6.03. The van der Waals surface area contributed by atoms with Gasteiger partial charge in [0.25, 0.3) is 5.91 Å². The zero-order valence-corrected chi connectivity index (χ0v) is 12.6. The highest BCUT2D eigenvalue weighted by Crippen LogP contribution is 2.32. The molecule has 1 saturated heterocycles. The summed E-state index contributed by atoms with van der Waals surface area (Å²) in [5.41, 5.74) is 1.70. The fourth-order valence-corrected chi connectivity index (χ4v) is 2.90. The summed E-state index contributed by atoms with van der Waals surface area (Å²) in [4.78, 5) is 16.4. The van der Waals surface area contributed by atoms with Gasteiger partial charge in [0.05, 0.1) is 11.8 Å². The Hall–Kier alpha value is -2.54. The minimum Gasteiger partial charge on any atom is -0.454 e. The van der Waals surface area contributed by atoms with E-state index in [2.05, 4.69) is 16.1 Å². The minimum atomic E-state index is -0.0195. The van der Waals surface area contributed by atoms with Gasteiger partial charge in [0.15, 0.2) is 11.5 Å². The molecule has 0 bridgehead atoms. The average molecular weight is 315 g/mol. The van der Waals surface area contributed by atoms with Crippen LogP contribution in [0.15, 0.2) is 35.2 Å². The number of nitrogens with zero attached hydrogens (tertiary/aromatic N) is 3. The van der Waals surface area contributed by atoms with E-state index in [0.717, 1.165) is 31.1 Å². The molecule has 2 aliphatic rings. The van der Waals surface area contributed by atoms with E-state index in [1.165, 1.54) is 18.0 Å². The van der Waals surface area contributed by atoms with Crippen molar-refractivity contribution in [3.8, 4) is 11.5 Å². The molecule has 0 spiro atoms. The van der Waals surface area contributed by atoms with Crippen LogP contribution in [-0.2, 0) is 6.54 Å². The summed E-state index contributed by atoms with van der Waals surface area (Å²) in [6.45, 7) is 4.22. The maximum Gasteiger partial charge on any atom is 0.258 e. The topological polar surface area (TPSA) is 68.0 Å². The van der Waals surface area contributed by atoms with Crippen LogP contribution in [0.25, 0.3) is 0 Å². The Morgan fingerprint density at radius 2 is 1.96 bits per heavy atom. The Morgan fingerprint density at radius 3 is 2.74 bits per heavy atom. The lowest BCUT2D eigenvalue weighted by Crippen LogP contribution is -2.48. The number of benzene rings is 1. The maximum absolute atomic E-state index is 12.2. The SMILES string of the molecule is O=C(c1cnoc1)N1CCN(Cc2ccc3c(c2)OCO3)CC1. The van der Waals surface area contributed by atoms with Gasteiger partial charge in [-0.15, -0.1) is 0 Å². The molecule has 1 fully saturated rings. The van der Waals surface area contributed by atoms with E-state index < -0.39 is 0 Å². The normalized spacial score (nSPS) is 17.5. The average Bonchev–Trinajstić information content (AvgIpc) is 3.26. The van der Waals surface area contributed by atoms with Gasteiger partial charge in [0.1, 0.15) is 6.26 Å². The second kappa shape index (κ2) is 5.92. The summed E-state index contributed by atoms with van der Waals surface area (Å²) in [7, 11) is 0. The van der Waals surface area contributed by atoms with Crippen molar-refractivity contribution >= 4 is 5.91 Å². The predicted molar refractivity (Wildman–Crippen MR) is 80.2 cm³/mol. The van der Waals surface area contributed by atoms with Crippen molar-refractivity contribution in [2.24, 2.45) is 0 Å². The van der Waals surface area contributed by atoms with Crippen molar-refractivity contribution in [3.63, 3.8) is 0 Å². The van der Waals surface area contributed by atoms with Crippen molar-refractivity contribution in [1.29, 1.82) is 0 Å². The molecule has 0 radical (unpaired) electrons. The molecule has 0 N–H and O–H groups in total. The second-order valence-electron chi connectivity index (χ2n) is 5.67. The van der Waals surface area contributed by atoms with Crippen molar-refractivity contribution in [2.75, 3.05) is 33.0 Å². The van der Waals surface area contributed by atoms with Crippen LogP contribution in [0.2, 0.25) is 0 Å². The number of aromatic nitrogens is 1.